The van der Waals surface area contributed by atoms with E-state index in [9.17, 15) is 13.2 Å². The summed E-state index contributed by atoms with van der Waals surface area (Å²) in [5, 5.41) is 3.03. The standard InChI is InChI=1S/C29H27ClN2O5S/c1-2-36-27-18-13-22(30)20-28(27)38(34,35)32-26(19-21-9-5-3-6-10-21)29(33)31-23-14-16-25(17-15-23)37-24-11-7-4-8-12-24/h3-18,20,26,32H,2,19H2,1H3,(H,31,33). The summed E-state index contributed by atoms with van der Waals surface area (Å²) in [6.45, 7) is 2.02. The van der Waals surface area contributed by atoms with Crippen molar-refractivity contribution in [1.29, 1.82) is 0 Å². The highest BCUT2D eigenvalue weighted by Gasteiger charge is 2.29. The van der Waals surface area contributed by atoms with Crippen LogP contribution in [-0.2, 0) is 21.2 Å². The average molecular weight is 551 g/mol. The lowest BCUT2D eigenvalue weighted by atomic mass is 10.1. The lowest BCUT2D eigenvalue weighted by Gasteiger charge is -2.20. The van der Waals surface area contributed by atoms with Gasteiger partial charge in [-0.05, 0) is 73.5 Å². The summed E-state index contributed by atoms with van der Waals surface area (Å²) in [5.74, 6) is 0.917. The van der Waals surface area contributed by atoms with Crippen LogP contribution in [0, 0.1) is 0 Å². The zero-order valence-corrected chi connectivity index (χ0v) is 22.2. The molecule has 38 heavy (non-hydrogen) atoms. The number of amides is 1. The van der Waals surface area contributed by atoms with Gasteiger partial charge in [-0.15, -0.1) is 0 Å². The Labute approximate surface area is 227 Å². The number of carbonyl (C=O) groups is 1. The third-order valence-corrected chi connectivity index (χ3v) is 7.22. The van der Waals surface area contributed by atoms with E-state index in [2.05, 4.69) is 10.0 Å². The van der Waals surface area contributed by atoms with Gasteiger partial charge in [-0.3, -0.25) is 4.79 Å². The van der Waals surface area contributed by atoms with E-state index >= 15 is 0 Å². The van der Waals surface area contributed by atoms with Crippen molar-refractivity contribution in [2.45, 2.75) is 24.3 Å². The zero-order chi connectivity index (χ0) is 27.0. The molecule has 1 amide bonds. The van der Waals surface area contributed by atoms with E-state index in [0.29, 0.717) is 17.2 Å². The highest BCUT2D eigenvalue weighted by molar-refractivity contribution is 7.89. The van der Waals surface area contributed by atoms with Crippen molar-refractivity contribution in [3.8, 4) is 17.2 Å². The molecule has 0 spiro atoms. The minimum Gasteiger partial charge on any atom is -0.492 e. The second-order valence-electron chi connectivity index (χ2n) is 8.32. The number of ether oxygens (including phenoxy) is 2. The quantitative estimate of drug-likeness (QED) is 0.237. The molecule has 0 saturated carbocycles. The molecular formula is C29H27ClN2O5S. The maximum atomic E-state index is 13.4. The normalized spacial score (nSPS) is 11.9. The molecule has 0 aliphatic heterocycles. The molecule has 0 saturated heterocycles. The fraction of sp³-hybridized carbons (Fsp3) is 0.138. The summed E-state index contributed by atoms with van der Waals surface area (Å²) >= 11 is 6.09. The Bertz CT molecular complexity index is 1460. The SMILES string of the molecule is CCOc1ccc(Cl)cc1S(=O)(=O)NC(Cc1ccccc1)C(=O)Nc1ccc(Oc2ccccc2)cc1. The number of rotatable bonds is 11. The first-order valence-electron chi connectivity index (χ1n) is 12.0. The number of benzene rings is 4. The number of sulfonamides is 1. The zero-order valence-electron chi connectivity index (χ0n) is 20.6. The molecule has 9 heteroatoms. The molecule has 0 aromatic heterocycles. The number of carbonyl (C=O) groups excluding carboxylic acids is 1. The van der Waals surface area contributed by atoms with Crippen LogP contribution in [0.3, 0.4) is 0 Å². The van der Waals surface area contributed by atoms with Crippen LogP contribution in [0.2, 0.25) is 5.02 Å². The Hall–Kier alpha value is -3.85. The first-order valence-corrected chi connectivity index (χ1v) is 13.8. The third-order valence-electron chi connectivity index (χ3n) is 5.49. The van der Waals surface area contributed by atoms with Gasteiger partial charge in [0.15, 0.2) is 0 Å². The van der Waals surface area contributed by atoms with Crippen molar-refractivity contribution in [3.05, 3.63) is 114 Å². The topological polar surface area (TPSA) is 93.7 Å². The van der Waals surface area contributed by atoms with Crippen molar-refractivity contribution in [1.82, 2.24) is 4.72 Å². The van der Waals surface area contributed by atoms with Crippen LogP contribution < -0.4 is 19.5 Å². The maximum Gasteiger partial charge on any atom is 0.245 e. The molecule has 4 aromatic carbocycles. The number of hydrogen-bond acceptors (Lipinski definition) is 5. The molecule has 1 unspecified atom stereocenters. The summed E-state index contributed by atoms with van der Waals surface area (Å²) in [4.78, 5) is 13.2. The summed E-state index contributed by atoms with van der Waals surface area (Å²) < 4.78 is 40.7. The van der Waals surface area contributed by atoms with E-state index in [1.165, 1.54) is 12.1 Å². The average Bonchev–Trinajstić information content (AvgIpc) is 2.91. The first kappa shape index (κ1) is 27.2. The largest absolute Gasteiger partial charge is 0.492 e. The molecule has 2 N–H and O–H groups in total. The van der Waals surface area contributed by atoms with Crippen LogP contribution in [0.15, 0.2) is 108 Å². The van der Waals surface area contributed by atoms with Crippen molar-refractivity contribution >= 4 is 33.2 Å². The predicted molar refractivity (Wildman–Crippen MR) is 148 cm³/mol. The van der Waals surface area contributed by atoms with E-state index in [1.807, 2.05) is 60.7 Å². The van der Waals surface area contributed by atoms with Crippen LogP contribution in [0.4, 0.5) is 5.69 Å². The third kappa shape index (κ3) is 7.35. The number of para-hydroxylation sites is 1. The summed E-state index contributed by atoms with van der Waals surface area (Å²) in [6, 6.07) is 28.5. The molecule has 0 radical (unpaired) electrons. The predicted octanol–water partition coefficient (Wildman–Crippen LogP) is 6.06. The Morgan fingerprint density at radius 3 is 2.16 bits per heavy atom. The first-order chi connectivity index (χ1) is 18.3. The molecule has 7 nitrogen and oxygen atoms in total. The highest BCUT2D eigenvalue weighted by atomic mass is 35.5. The summed E-state index contributed by atoms with van der Waals surface area (Å²) in [5.41, 5.74) is 1.28. The fourth-order valence-electron chi connectivity index (χ4n) is 3.72. The van der Waals surface area contributed by atoms with Crippen LogP contribution in [0.25, 0.3) is 0 Å². The summed E-state index contributed by atoms with van der Waals surface area (Å²) in [7, 11) is -4.17. The number of halogens is 1. The van der Waals surface area contributed by atoms with E-state index in [-0.39, 0.29) is 28.7 Å². The summed E-state index contributed by atoms with van der Waals surface area (Å²) in [6.07, 6.45) is 0.131. The van der Waals surface area contributed by atoms with Gasteiger partial charge in [0.05, 0.1) is 6.61 Å². The monoisotopic (exact) mass is 550 g/mol. The highest BCUT2D eigenvalue weighted by Crippen LogP contribution is 2.28. The van der Waals surface area contributed by atoms with Gasteiger partial charge in [-0.25, -0.2) is 8.42 Å². The van der Waals surface area contributed by atoms with Crippen LogP contribution >= 0.6 is 11.6 Å². The molecular weight excluding hydrogens is 524 g/mol. The molecule has 0 bridgehead atoms. The molecule has 0 fully saturated rings. The number of hydrogen-bond donors (Lipinski definition) is 2. The van der Waals surface area contributed by atoms with Gasteiger partial charge in [-0.1, -0.05) is 60.1 Å². The Morgan fingerprint density at radius 1 is 0.868 bits per heavy atom. The van der Waals surface area contributed by atoms with Crippen molar-refractivity contribution in [2.24, 2.45) is 0 Å². The minimum absolute atomic E-state index is 0.131. The second-order valence-corrected chi connectivity index (χ2v) is 10.4. The molecule has 0 aliphatic carbocycles. The van der Waals surface area contributed by atoms with Crippen molar-refractivity contribution in [3.63, 3.8) is 0 Å². The number of nitrogens with one attached hydrogen (secondary N) is 2. The molecule has 1 atom stereocenters. The van der Waals surface area contributed by atoms with E-state index in [0.717, 1.165) is 5.56 Å². The van der Waals surface area contributed by atoms with E-state index in [4.69, 9.17) is 21.1 Å². The van der Waals surface area contributed by atoms with Gasteiger partial charge in [0, 0.05) is 10.7 Å². The van der Waals surface area contributed by atoms with Crippen LogP contribution in [0.1, 0.15) is 12.5 Å². The Balaban J connectivity index is 1.55. The molecule has 0 heterocycles. The Kier molecular flexibility index (Phi) is 9.02. The molecule has 0 aliphatic rings. The van der Waals surface area contributed by atoms with E-state index in [1.54, 1.807) is 37.3 Å². The van der Waals surface area contributed by atoms with E-state index < -0.39 is 22.0 Å². The molecule has 4 rings (SSSR count). The molecule has 4 aromatic rings. The minimum atomic E-state index is -4.17. The maximum absolute atomic E-state index is 13.4. The van der Waals surface area contributed by atoms with Gasteiger partial charge >= 0.3 is 0 Å². The lowest BCUT2D eigenvalue weighted by Crippen LogP contribution is -2.45. The van der Waals surface area contributed by atoms with Gasteiger partial charge in [0.2, 0.25) is 15.9 Å². The lowest BCUT2D eigenvalue weighted by molar-refractivity contribution is -0.117. The van der Waals surface area contributed by atoms with Gasteiger partial charge < -0.3 is 14.8 Å². The van der Waals surface area contributed by atoms with Crippen LogP contribution in [-0.4, -0.2) is 27.0 Å². The van der Waals surface area contributed by atoms with Crippen molar-refractivity contribution in [2.75, 3.05) is 11.9 Å². The second kappa shape index (κ2) is 12.6. The van der Waals surface area contributed by atoms with Gasteiger partial charge in [0.25, 0.3) is 0 Å². The van der Waals surface area contributed by atoms with Crippen molar-refractivity contribution < 1.29 is 22.7 Å². The Morgan fingerprint density at radius 2 is 1.50 bits per heavy atom. The molecule has 196 valence electrons. The van der Waals surface area contributed by atoms with Gasteiger partial charge in [-0.2, -0.15) is 4.72 Å². The van der Waals surface area contributed by atoms with Gasteiger partial charge in [0.1, 0.15) is 28.2 Å². The van der Waals surface area contributed by atoms with Crippen LogP contribution in [0.5, 0.6) is 17.2 Å². The smallest absolute Gasteiger partial charge is 0.245 e. The number of anilines is 1. The fourth-order valence-corrected chi connectivity index (χ4v) is 5.32.